The van der Waals surface area contributed by atoms with Crippen LogP contribution in [-0.2, 0) is 0 Å². The number of esters is 1. The first-order chi connectivity index (χ1) is 18.9. The third kappa shape index (κ3) is 7.39. The van der Waals surface area contributed by atoms with Crippen LogP contribution in [0.15, 0.2) is 102 Å². The summed E-state index contributed by atoms with van der Waals surface area (Å²) in [5.41, 5.74) is 5.98. The molecule has 8 nitrogen and oxygen atoms in total. The Morgan fingerprint density at radius 3 is 2.21 bits per heavy atom. The molecule has 4 aromatic carbocycles. The number of anilines is 1. The lowest BCUT2D eigenvalue weighted by atomic mass is 10.1. The predicted octanol–water partition coefficient (Wildman–Crippen LogP) is 5.63. The van der Waals surface area contributed by atoms with E-state index in [0.717, 1.165) is 5.56 Å². The first-order valence-corrected chi connectivity index (χ1v) is 12.3. The molecular formula is C31H27N3O5. The number of nitrogens with zero attached hydrogens (tertiary/aromatic N) is 1. The van der Waals surface area contributed by atoms with E-state index in [2.05, 4.69) is 15.8 Å². The lowest BCUT2D eigenvalue weighted by Gasteiger charge is -2.11. The Kier molecular flexibility index (Phi) is 8.82. The van der Waals surface area contributed by atoms with E-state index in [0.29, 0.717) is 40.3 Å². The molecule has 0 aliphatic carbocycles. The summed E-state index contributed by atoms with van der Waals surface area (Å²) >= 11 is 0. The Morgan fingerprint density at radius 1 is 0.769 bits per heavy atom. The summed E-state index contributed by atoms with van der Waals surface area (Å²) in [6, 6.07) is 27.4. The smallest absolute Gasteiger partial charge is 0.343 e. The summed E-state index contributed by atoms with van der Waals surface area (Å²) in [6.07, 6.45) is 1.46. The van der Waals surface area contributed by atoms with Gasteiger partial charge in [0.2, 0.25) is 0 Å². The Balaban J connectivity index is 1.36. The highest BCUT2D eigenvalue weighted by molar-refractivity contribution is 6.04. The van der Waals surface area contributed by atoms with Crippen molar-refractivity contribution in [2.45, 2.75) is 13.8 Å². The van der Waals surface area contributed by atoms with Gasteiger partial charge >= 0.3 is 5.97 Å². The number of carbonyl (C=O) groups is 3. The van der Waals surface area contributed by atoms with Gasteiger partial charge in [-0.1, -0.05) is 35.9 Å². The van der Waals surface area contributed by atoms with Gasteiger partial charge in [-0.05, 0) is 86.1 Å². The molecule has 0 heterocycles. The third-order valence-corrected chi connectivity index (χ3v) is 5.54. The van der Waals surface area contributed by atoms with Crippen LogP contribution in [0.2, 0.25) is 0 Å². The van der Waals surface area contributed by atoms with Gasteiger partial charge in [0.25, 0.3) is 11.8 Å². The second-order valence-corrected chi connectivity index (χ2v) is 8.49. The van der Waals surface area contributed by atoms with Crippen LogP contribution in [0.3, 0.4) is 0 Å². The average Bonchev–Trinajstić information content (AvgIpc) is 2.95. The van der Waals surface area contributed by atoms with Crippen molar-refractivity contribution in [2.75, 3.05) is 11.9 Å². The van der Waals surface area contributed by atoms with Crippen molar-refractivity contribution in [1.82, 2.24) is 5.43 Å². The fraction of sp³-hybridized carbons (Fsp3) is 0.0968. The first kappa shape index (κ1) is 26.8. The molecule has 39 heavy (non-hydrogen) atoms. The predicted molar refractivity (Wildman–Crippen MR) is 150 cm³/mol. The van der Waals surface area contributed by atoms with Crippen LogP contribution in [0.25, 0.3) is 0 Å². The molecule has 196 valence electrons. The second kappa shape index (κ2) is 12.8. The molecule has 2 N–H and O–H groups in total. The van der Waals surface area contributed by atoms with Gasteiger partial charge in [-0.2, -0.15) is 5.10 Å². The van der Waals surface area contributed by atoms with E-state index in [1.54, 1.807) is 84.9 Å². The maximum absolute atomic E-state index is 12.6. The zero-order valence-corrected chi connectivity index (χ0v) is 21.5. The van der Waals surface area contributed by atoms with Crippen molar-refractivity contribution in [2.24, 2.45) is 5.10 Å². The van der Waals surface area contributed by atoms with Crippen molar-refractivity contribution in [1.29, 1.82) is 0 Å². The van der Waals surface area contributed by atoms with Gasteiger partial charge < -0.3 is 14.8 Å². The summed E-state index contributed by atoms with van der Waals surface area (Å²) in [6.45, 7) is 4.09. The zero-order chi connectivity index (χ0) is 27.6. The van der Waals surface area contributed by atoms with Crippen molar-refractivity contribution >= 4 is 29.7 Å². The van der Waals surface area contributed by atoms with Gasteiger partial charge in [0, 0.05) is 16.8 Å². The Hall–Kier alpha value is -5.24. The van der Waals surface area contributed by atoms with Crippen molar-refractivity contribution < 1.29 is 23.9 Å². The van der Waals surface area contributed by atoms with Crippen molar-refractivity contribution in [3.8, 4) is 11.5 Å². The molecule has 8 heteroatoms. The monoisotopic (exact) mass is 521 g/mol. The van der Waals surface area contributed by atoms with Gasteiger partial charge in [0.1, 0.15) is 0 Å². The number of hydrazone groups is 1. The van der Waals surface area contributed by atoms with Crippen LogP contribution in [0.4, 0.5) is 5.69 Å². The van der Waals surface area contributed by atoms with E-state index in [1.165, 1.54) is 6.21 Å². The molecule has 0 bridgehead atoms. The quantitative estimate of drug-likeness (QED) is 0.129. The fourth-order valence-corrected chi connectivity index (χ4v) is 3.62. The van der Waals surface area contributed by atoms with E-state index >= 15 is 0 Å². The van der Waals surface area contributed by atoms with Crippen LogP contribution < -0.4 is 20.2 Å². The highest BCUT2D eigenvalue weighted by Crippen LogP contribution is 2.29. The number of hydrogen-bond donors (Lipinski definition) is 2. The fourth-order valence-electron chi connectivity index (χ4n) is 3.62. The largest absolute Gasteiger partial charge is 0.490 e. The molecule has 0 radical (unpaired) electrons. The molecule has 0 unspecified atom stereocenters. The summed E-state index contributed by atoms with van der Waals surface area (Å²) in [7, 11) is 0. The standard InChI is InChI=1S/C31H27N3O5/c1-3-38-28-19-22(12-17-27(28)39-31(37)25-11-7-8-21(2)18-25)20-32-34-30(36)24-13-15-26(16-14-24)33-29(35)23-9-5-4-6-10-23/h4-20H,3H2,1-2H3,(H,33,35)(H,34,36)/b32-20+. The molecule has 0 saturated heterocycles. The van der Waals surface area contributed by atoms with Crippen LogP contribution in [0, 0.1) is 6.92 Å². The second-order valence-electron chi connectivity index (χ2n) is 8.49. The zero-order valence-electron chi connectivity index (χ0n) is 21.5. The number of amides is 2. The van der Waals surface area contributed by atoms with Crippen LogP contribution >= 0.6 is 0 Å². The SMILES string of the molecule is CCOc1cc(/C=N/NC(=O)c2ccc(NC(=O)c3ccccc3)cc2)ccc1OC(=O)c1cccc(C)c1. The molecule has 2 amide bonds. The van der Waals surface area contributed by atoms with E-state index in [9.17, 15) is 14.4 Å². The molecule has 4 rings (SSSR count). The Bertz CT molecular complexity index is 1500. The molecule has 0 saturated carbocycles. The van der Waals surface area contributed by atoms with Gasteiger partial charge in [-0.25, -0.2) is 10.2 Å². The van der Waals surface area contributed by atoms with E-state index in [1.807, 2.05) is 26.0 Å². The minimum Gasteiger partial charge on any atom is -0.490 e. The van der Waals surface area contributed by atoms with E-state index in [4.69, 9.17) is 9.47 Å². The number of hydrogen-bond acceptors (Lipinski definition) is 6. The van der Waals surface area contributed by atoms with Crippen LogP contribution in [-0.4, -0.2) is 30.6 Å². The van der Waals surface area contributed by atoms with Gasteiger partial charge in [-0.15, -0.1) is 0 Å². The number of ether oxygens (including phenoxy) is 2. The average molecular weight is 522 g/mol. The number of aryl methyl sites for hydroxylation is 1. The summed E-state index contributed by atoms with van der Waals surface area (Å²) in [5.74, 6) is -0.481. The van der Waals surface area contributed by atoms with E-state index in [-0.39, 0.29) is 11.7 Å². The summed E-state index contributed by atoms with van der Waals surface area (Å²) in [5, 5.41) is 6.81. The molecule has 0 spiro atoms. The Morgan fingerprint density at radius 2 is 1.49 bits per heavy atom. The number of benzene rings is 4. The van der Waals surface area contributed by atoms with Crippen LogP contribution in [0.1, 0.15) is 49.1 Å². The Labute approximate surface area is 226 Å². The lowest BCUT2D eigenvalue weighted by molar-refractivity contribution is 0.0727. The maximum Gasteiger partial charge on any atom is 0.343 e. The van der Waals surface area contributed by atoms with Gasteiger partial charge in [-0.3, -0.25) is 9.59 Å². The number of nitrogens with one attached hydrogen (secondary N) is 2. The minimum atomic E-state index is -0.487. The molecule has 0 fully saturated rings. The number of rotatable bonds is 9. The minimum absolute atomic E-state index is 0.236. The van der Waals surface area contributed by atoms with E-state index < -0.39 is 11.9 Å². The molecule has 0 aromatic heterocycles. The van der Waals surface area contributed by atoms with Crippen molar-refractivity contribution in [3.63, 3.8) is 0 Å². The van der Waals surface area contributed by atoms with Gasteiger partial charge in [0.15, 0.2) is 11.5 Å². The molecule has 4 aromatic rings. The first-order valence-electron chi connectivity index (χ1n) is 12.3. The summed E-state index contributed by atoms with van der Waals surface area (Å²) < 4.78 is 11.2. The molecular weight excluding hydrogens is 494 g/mol. The highest BCUT2D eigenvalue weighted by atomic mass is 16.6. The summed E-state index contributed by atoms with van der Waals surface area (Å²) in [4.78, 5) is 37.3. The normalized spacial score (nSPS) is 10.6. The lowest BCUT2D eigenvalue weighted by Crippen LogP contribution is -2.18. The van der Waals surface area contributed by atoms with Crippen molar-refractivity contribution in [3.05, 3.63) is 125 Å². The van der Waals surface area contributed by atoms with Crippen LogP contribution in [0.5, 0.6) is 11.5 Å². The third-order valence-electron chi connectivity index (χ3n) is 5.54. The molecule has 0 aliphatic rings. The van der Waals surface area contributed by atoms with Gasteiger partial charge in [0.05, 0.1) is 18.4 Å². The number of carbonyl (C=O) groups excluding carboxylic acids is 3. The highest BCUT2D eigenvalue weighted by Gasteiger charge is 2.14. The maximum atomic E-state index is 12.6. The topological polar surface area (TPSA) is 106 Å². The molecule has 0 atom stereocenters. The molecule has 0 aliphatic heterocycles.